The third-order valence-corrected chi connectivity index (χ3v) is 6.90. The van der Waals surface area contributed by atoms with Gasteiger partial charge < -0.3 is 25.6 Å². The first-order chi connectivity index (χ1) is 16.3. The molecule has 8 heteroatoms. The van der Waals surface area contributed by atoms with Crippen molar-refractivity contribution in [2.24, 2.45) is 0 Å². The number of carbonyl (C=O) groups excluding carboxylic acids is 2. The number of rotatable bonds is 5. The van der Waals surface area contributed by atoms with E-state index >= 15 is 0 Å². The largest absolute Gasteiger partial charge is 0.462 e. The van der Waals surface area contributed by atoms with E-state index in [1.54, 1.807) is 31.2 Å². The molecule has 180 valence electrons. The zero-order valence-electron chi connectivity index (χ0n) is 19.9. The summed E-state index contributed by atoms with van der Waals surface area (Å²) in [5, 5.41) is 10.2. The predicted octanol–water partition coefficient (Wildman–Crippen LogP) is 4.99. The van der Waals surface area contributed by atoms with E-state index in [0.717, 1.165) is 36.5 Å². The van der Waals surface area contributed by atoms with Gasteiger partial charge in [0.15, 0.2) is 5.11 Å². The Morgan fingerprint density at radius 2 is 1.71 bits per heavy atom. The van der Waals surface area contributed by atoms with Gasteiger partial charge in [-0.25, -0.2) is 9.59 Å². The van der Waals surface area contributed by atoms with Crippen molar-refractivity contribution in [2.45, 2.75) is 64.6 Å². The molecular formula is C26H32N4O3S. The number of anilines is 2. The van der Waals surface area contributed by atoms with Crippen LogP contribution in [0, 0.1) is 13.8 Å². The number of thiocarbonyl (C=S) groups is 1. The highest BCUT2D eigenvalue weighted by molar-refractivity contribution is 7.80. The molecule has 2 amide bonds. The molecule has 0 unspecified atom stereocenters. The second-order valence-electron chi connectivity index (χ2n) is 9.11. The number of esters is 1. The molecule has 2 aliphatic rings. The number of aryl methyl sites for hydroxylation is 2. The topological polar surface area (TPSA) is 82.7 Å². The number of nitrogens with one attached hydrogen (secondary N) is 3. The zero-order valence-corrected chi connectivity index (χ0v) is 20.7. The molecule has 2 fully saturated rings. The number of urea groups is 1. The van der Waals surface area contributed by atoms with Crippen molar-refractivity contribution >= 4 is 40.7 Å². The van der Waals surface area contributed by atoms with E-state index in [4.69, 9.17) is 17.0 Å². The highest BCUT2D eigenvalue weighted by Gasteiger charge is 2.42. The molecule has 0 aromatic heterocycles. The van der Waals surface area contributed by atoms with Crippen molar-refractivity contribution in [1.82, 2.24) is 10.2 Å². The molecule has 2 aliphatic heterocycles. The number of ether oxygens (including phenoxy) is 1. The third-order valence-electron chi connectivity index (χ3n) is 6.59. The summed E-state index contributed by atoms with van der Waals surface area (Å²) in [4.78, 5) is 26.7. The van der Waals surface area contributed by atoms with E-state index < -0.39 is 0 Å². The fraction of sp³-hybridized carbons (Fsp3) is 0.423. The summed E-state index contributed by atoms with van der Waals surface area (Å²) < 4.78 is 4.99. The van der Waals surface area contributed by atoms with Gasteiger partial charge in [0.2, 0.25) is 0 Å². The van der Waals surface area contributed by atoms with Gasteiger partial charge in [0.05, 0.1) is 12.2 Å². The molecule has 2 heterocycles. The molecule has 2 bridgehead atoms. The molecule has 34 heavy (non-hydrogen) atoms. The minimum atomic E-state index is -0.370. The maximum Gasteiger partial charge on any atom is 0.338 e. The Morgan fingerprint density at radius 1 is 1.03 bits per heavy atom. The highest BCUT2D eigenvalue weighted by atomic mass is 32.1. The fourth-order valence-corrected chi connectivity index (χ4v) is 5.34. The van der Waals surface area contributed by atoms with Crippen molar-refractivity contribution in [3.8, 4) is 0 Å². The van der Waals surface area contributed by atoms with Gasteiger partial charge in [-0.1, -0.05) is 12.1 Å². The quantitative estimate of drug-likeness (QED) is 0.413. The number of hydrogen-bond donors (Lipinski definition) is 3. The molecule has 0 spiro atoms. The minimum absolute atomic E-state index is 0.0936. The number of carbonyl (C=O) groups is 2. The lowest BCUT2D eigenvalue weighted by molar-refractivity contribution is 0.0526. The van der Waals surface area contributed by atoms with Gasteiger partial charge in [0.25, 0.3) is 0 Å². The molecule has 0 radical (unpaired) electrons. The Labute approximate surface area is 206 Å². The fourth-order valence-electron chi connectivity index (χ4n) is 4.93. The van der Waals surface area contributed by atoms with E-state index in [0.29, 0.717) is 29.9 Å². The zero-order chi connectivity index (χ0) is 24.2. The lowest BCUT2D eigenvalue weighted by Gasteiger charge is -2.40. The van der Waals surface area contributed by atoms with Gasteiger partial charge in [0, 0.05) is 29.5 Å². The van der Waals surface area contributed by atoms with Crippen LogP contribution in [-0.4, -0.2) is 46.7 Å². The molecule has 4 rings (SSSR count). The van der Waals surface area contributed by atoms with Crippen LogP contribution in [0.5, 0.6) is 0 Å². The van der Waals surface area contributed by atoms with E-state index in [1.807, 2.05) is 0 Å². The van der Waals surface area contributed by atoms with Gasteiger partial charge in [-0.2, -0.15) is 0 Å². The smallest absolute Gasteiger partial charge is 0.338 e. The Hall–Kier alpha value is -3.13. The van der Waals surface area contributed by atoms with Gasteiger partial charge >= 0.3 is 12.0 Å². The van der Waals surface area contributed by atoms with Crippen LogP contribution in [0.25, 0.3) is 0 Å². The first-order valence-corrected chi connectivity index (χ1v) is 12.3. The maximum atomic E-state index is 12.6. The Morgan fingerprint density at radius 3 is 2.35 bits per heavy atom. The van der Waals surface area contributed by atoms with Crippen LogP contribution in [0.4, 0.5) is 16.2 Å². The van der Waals surface area contributed by atoms with Gasteiger partial charge in [0.1, 0.15) is 0 Å². The Balaban J connectivity index is 1.31. The standard InChI is InChI=1S/C26H32N4O3S/c1-4-33-24(31)18-7-9-19(10-8-18)27-25(32)28-20-14-21-11-12-22(15-20)30(21)26(34)29-23-13-16(2)5-6-17(23)3/h5-10,13,20-22H,4,11-12,14-15H2,1-3H3,(H,29,34)(H2,27,28,32)/t21-,22-/m0/s1. The van der Waals surface area contributed by atoms with Crippen LogP contribution >= 0.6 is 12.2 Å². The molecule has 0 saturated carbocycles. The van der Waals surface area contributed by atoms with Crippen LogP contribution in [0.2, 0.25) is 0 Å². The first-order valence-electron chi connectivity index (χ1n) is 11.8. The number of amides is 2. The third kappa shape index (κ3) is 5.50. The van der Waals surface area contributed by atoms with Crippen molar-refractivity contribution in [3.05, 3.63) is 59.2 Å². The Bertz CT molecular complexity index is 1060. The summed E-state index contributed by atoms with van der Waals surface area (Å²) in [6.45, 7) is 6.25. The van der Waals surface area contributed by atoms with Crippen LogP contribution < -0.4 is 16.0 Å². The summed E-state index contributed by atoms with van der Waals surface area (Å²) in [6.07, 6.45) is 3.88. The lowest BCUT2D eigenvalue weighted by atomic mass is 9.98. The molecule has 7 nitrogen and oxygen atoms in total. The van der Waals surface area contributed by atoms with E-state index in [1.165, 1.54) is 11.1 Å². The van der Waals surface area contributed by atoms with Gasteiger partial charge in [-0.3, -0.25) is 0 Å². The first kappa shape index (κ1) is 24.0. The Kier molecular flexibility index (Phi) is 7.36. The molecule has 0 aliphatic carbocycles. The molecular weight excluding hydrogens is 448 g/mol. The second kappa shape index (κ2) is 10.4. The number of hydrogen-bond acceptors (Lipinski definition) is 4. The van der Waals surface area contributed by atoms with Gasteiger partial charge in [-0.15, -0.1) is 0 Å². The van der Waals surface area contributed by atoms with Crippen LogP contribution in [0.1, 0.15) is 54.1 Å². The van der Waals surface area contributed by atoms with E-state index in [9.17, 15) is 9.59 Å². The molecule has 2 atom stereocenters. The van der Waals surface area contributed by atoms with Gasteiger partial charge in [-0.05, 0) is 100 Å². The monoisotopic (exact) mass is 480 g/mol. The highest BCUT2D eigenvalue weighted by Crippen LogP contribution is 2.36. The molecule has 2 aromatic rings. The summed E-state index contributed by atoms with van der Waals surface area (Å²) in [5.41, 5.74) is 4.51. The second-order valence-corrected chi connectivity index (χ2v) is 9.49. The summed E-state index contributed by atoms with van der Waals surface area (Å²) in [6, 6.07) is 13.5. The SMILES string of the molecule is CCOC(=O)c1ccc(NC(=O)NC2C[C@@H]3CC[C@@H](C2)N3C(=S)Nc2cc(C)ccc2C)cc1. The van der Waals surface area contributed by atoms with Crippen molar-refractivity contribution in [2.75, 3.05) is 17.2 Å². The maximum absolute atomic E-state index is 12.6. The average Bonchev–Trinajstić information content (AvgIpc) is 3.07. The number of fused-ring (bicyclic) bond motifs is 2. The van der Waals surface area contributed by atoms with E-state index in [2.05, 4.69) is 52.9 Å². The predicted molar refractivity (Wildman–Crippen MR) is 138 cm³/mol. The van der Waals surface area contributed by atoms with Crippen LogP contribution in [0.15, 0.2) is 42.5 Å². The molecule has 3 N–H and O–H groups in total. The van der Waals surface area contributed by atoms with Crippen molar-refractivity contribution < 1.29 is 14.3 Å². The van der Waals surface area contributed by atoms with Crippen LogP contribution in [-0.2, 0) is 4.74 Å². The summed E-state index contributed by atoms with van der Waals surface area (Å²) >= 11 is 5.79. The summed E-state index contributed by atoms with van der Waals surface area (Å²) in [7, 11) is 0. The molecule has 2 aromatic carbocycles. The minimum Gasteiger partial charge on any atom is -0.462 e. The van der Waals surface area contributed by atoms with E-state index in [-0.39, 0.29) is 18.0 Å². The van der Waals surface area contributed by atoms with Crippen molar-refractivity contribution in [3.63, 3.8) is 0 Å². The summed E-state index contributed by atoms with van der Waals surface area (Å²) in [5.74, 6) is -0.370. The number of piperidine rings is 1. The van der Waals surface area contributed by atoms with Crippen molar-refractivity contribution in [1.29, 1.82) is 0 Å². The lowest BCUT2D eigenvalue weighted by Crippen LogP contribution is -2.54. The number of benzene rings is 2. The number of nitrogens with zero attached hydrogens (tertiary/aromatic N) is 1. The normalized spacial score (nSPS) is 21.0. The average molecular weight is 481 g/mol. The van der Waals surface area contributed by atoms with Crippen LogP contribution in [0.3, 0.4) is 0 Å². The molecule has 2 saturated heterocycles.